The number of benzene rings is 1. The van der Waals surface area contributed by atoms with Gasteiger partial charge < -0.3 is 5.73 Å². The first-order valence-corrected chi connectivity index (χ1v) is 7.83. The Hall–Kier alpha value is -0.780. The third-order valence-electron chi connectivity index (χ3n) is 3.41. The Morgan fingerprint density at radius 2 is 1.84 bits per heavy atom. The topological polar surface area (TPSA) is 63.4 Å². The second kappa shape index (κ2) is 5.31. The van der Waals surface area contributed by atoms with Crippen LogP contribution in [0.4, 0.5) is 5.69 Å². The number of nitrogens with zero attached hydrogens (tertiary/aromatic N) is 1. The van der Waals surface area contributed by atoms with E-state index in [0.29, 0.717) is 5.69 Å². The lowest BCUT2D eigenvalue weighted by Gasteiger charge is -2.34. The molecule has 1 aromatic carbocycles. The van der Waals surface area contributed by atoms with Crippen LogP contribution in [-0.2, 0) is 10.0 Å². The Bertz CT molecular complexity index is 564. The molecule has 0 fully saturated rings. The van der Waals surface area contributed by atoms with Gasteiger partial charge in [-0.2, -0.15) is 4.31 Å². The van der Waals surface area contributed by atoms with E-state index >= 15 is 0 Å². The van der Waals surface area contributed by atoms with Crippen molar-refractivity contribution in [3.8, 4) is 0 Å². The van der Waals surface area contributed by atoms with Gasteiger partial charge in [0, 0.05) is 18.8 Å². The number of anilines is 1. The molecule has 0 heterocycles. The number of sulfonamides is 1. The van der Waals surface area contributed by atoms with Crippen LogP contribution in [0.25, 0.3) is 0 Å². The molecule has 0 aliphatic heterocycles. The van der Waals surface area contributed by atoms with Crippen molar-refractivity contribution in [3.63, 3.8) is 0 Å². The van der Waals surface area contributed by atoms with Gasteiger partial charge in [0.2, 0.25) is 10.0 Å². The second-order valence-corrected chi connectivity index (χ2v) is 8.13. The zero-order chi connectivity index (χ0) is 15.0. The van der Waals surface area contributed by atoms with Gasteiger partial charge >= 0.3 is 0 Å². The molecule has 0 aliphatic carbocycles. The third-order valence-corrected chi connectivity index (χ3v) is 5.82. The van der Waals surface area contributed by atoms with Crippen LogP contribution in [0.2, 0.25) is 5.02 Å². The molecule has 0 bridgehead atoms. The highest BCUT2D eigenvalue weighted by molar-refractivity contribution is 7.89. The summed E-state index contributed by atoms with van der Waals surface area (Å²) in [6, 6.07) is 4.30. The van der Waals surface area contributed by atoms with Crippen molar-refractivity contribution in [2.75, 3.05) is 12.8 Å². The average Bonchev–Trinajstić information content (AvgIpc) is 2.28. The molecule has 0 amide bonds. The molecule has 2 N–H and O–H groups in total. The fraction of sp³-hybridized carbons (Fsp3) is 0.538. The molecular weight excluding hydrogens is 284 g/mol. The van der Waals surface area contributed by atoms with Gasteiger partial charge in [-0.1, -0.05) is 32.4 Å². The fourth-order valence-corrected chi connectivity index (χ4v) is 3.68. The average molecular weight is 305 g/mol. The first-order valence-electron chi connectivity index (χ1n) is 6.01. The molecule has 108 valence electrons. The Kier molecular flexibility index (Phi) is 4.55. The monoisotopic (exact) mass is 304 g/mol. The van der Waals surface area contributed by atoms with Gasteiger partial charge in [-0.15, -0.1) is 0 Å². The van der Waals surface area contributed by atoms with Crippen LogP contribution >= 0.6 is 11.6 Å². The van der Waals surface area contributed by atoms with Crippen molar-refractivity contribution < 1.29 is 8.42 Å². The summed E-state index contributed by atoms with van der Waals surface area (Å²) in [6.45, 7) is 7.84. The van der Waals surface area contributed by atoms with Crippen molar-refractivity contribution in [2.24, 2.45) is 5.41 Å². The minimum atomic E-state index is -3.65. The lowest BCUT2D eigenvalue weighted by atomic mass is 9.88. The summed E-state index contributed by atoms with van der Waals surface area (Å²) in [6.07, 6.45) is 0. The molecule has 0 spiro atoms. The number of halogens is 1. The molecule has 4 nitrogen and oxygen atoms in total. The molecule has 0 aromatic heterocycles. The third kappa shape index (κ3) is 3.41. The van der Waals surface area contributed by atoms with Gasteiger partial charge in [-0.25, -0.2) is 8.42 Å². The van der Waals surface area contributed by atoms with E-state index in [1.165, 1.54) is 16.4 Å². The highest BCUT2D eigenvalue weighted by atomic mass is 35.5. The van der Waals surface area contributed by atoms with Crippen LogP contribution in [0, 0.1) is 5.41 Å². The summed E-state index contributed by atoms with van der Waals surface area (Å²) in [5, 5.41) is 0.183. The van der Waals surface area contributed by atoms with E-state index in [4.69, 9.17) is 17.3 Å². The minimum Gasteiger partial charge on any atom is -0.399 e. The van der Waals surface area contributed by atoms with Gasteiger partial charge in [0.05, 0.1) is 5.02 Å². The van der Waals surface area contributed by atoms with Gasteiger partial charge in [0.15, 0.2) is 0 Å². The SMILES string of the molecule is CC(N(C)S(=O)(=O)c1cc(N)ccc1Cl)C(C)(C)C. The first kappa shape index (κ1) is 16.3. The van der Waals surface area contributed by atoms with Crippen molar-refractivity contribution in [2.45, 2.75) is 38.6 Å². The van der Waals surface area contributed by atoms with E-state index < -0.39 is 10.0 Å². The molecule has 0 saturated carbocycles. The summed E-state index contributed by atoms with van der Waals surface area (Å²) in [7, 11) is -2.09. The summed E-state index contributed by atoms with van der Waals surface area (Å²) < 4.78 is 26.5. The van der Waals surface area contributed by atoms with E-state index in [2.05, 4.69) is 0 Å². The maximum Gasteiger partial charge on any atom is 0.244 e. The predicted octanol–water partition coefficient (Wildman–Crippen LogP) is 2.98. The lowest BCUT2D eigenvalue weighted by molar-refractivity contribution is 0.216. The van der Waals surface area contributed by atoms with E-state index in [1.807, 2.05) is 27.7 Å². The molecular formula is C13H21ClN2O2S. The maximum absolute atomic E-state index is 12.6. The number of hydrogen-bond acceptors (Lipinski definition) is 3. The largest absolute Gasteiger partial charge is 0.399 e. The zero-order valence-electron chi connectivity index (χ0n) is 11.9. The molecule has 0 radical (unpaired) electrons. The van der Waals surface area contributed by atoms with Crippen LogP contribution in [0.3, 0.4) is 0 Å². The second-order valence-electron chi connectivity index (χ2n) is 5.75. The first-order chi connectivity index (χ1) is 8.48. The Balaban J connectivity index is 3.28. The molecule has 1 rings (SSSR count). The number of nitrogen functional groups attached to an aromatic ring is 1. The summed E-state index contributed by atoms with van der Waals surface area (Å²) in [4.78, 5) is 0.0489. The van der Waals surface area contributed by atoms with Crippen molar-refractivity contribution in [1.29, 1.82) is 0 Å². The summed E-state index contributed by atoms with van der Waals surface area (Å²) >= 11 is 5.98. The summed E-state index contributed by atoms with van der Waals surface area (Å²) in [5.74, 6) is 0. The molecule has 0 saturated heterocycles. The van der Waals surface area contributed by atoms with Gasteiger partial charge in [-0.05, 0) is 30.5 Å². The standard InChI is InChI=1S/C13H21ClN2O2S/c1-9(13(2,3)4)16(5)19(17,18)12-8-10(15)6-7-11(12)14/h6-9H,15H2,1-5H3. The maximum atomic E-state index is 12.6. The van der Waals surface area contributed by atoms with Crippen LogP contribution in [0.15, 0.2) is 23.1 Å². The van der Waals surface area contributed by atoms with Crippen molar-refractivity contribution >= 4 is 27.3 Å². The predicted molar refractivity (Wildman–Crippen MR) is 79.7 cm³/mol. The minimum absolute atomic E-state index is 0.0489. The smallest absolute Gasteiger partial charge is 0.244 e. The Labute approximate surface area is 120 Å². The van der Waals surface area contributed by atoms with Gasteiger partial charge in [0.1, 0.15) is 4.90 Å². The van der Waals surface area contributed by atoms with E-state index in [1.54, 1.807) is 13.1 Å². The van der Waals surface area contributed by atoms with Crippen LogP contribution in [0.1, 0.15) is 27.7 Å². The quantitative estimate of drug-likeness (QED) is 0.873. The fourth-order valence-electron chi connectivity index (χ4n) is 1.63. The molecule has 1 atom stereocenters. The van der Waals surface area contributed by atoms with Gasteiger partial charge in [-0.3, -0.25) is 0 Å². The molecule has 0 aliphatic rings. The molecule has 1 unspecified atom stereocenters. The van der Waals surface area contributed by atoms with Crippen LogP contribution in [-0.4, -0.2) is 25.8 Å². The van der Waals surface area contributed by atoms with E-state index in [0.717, 1.165) is 0 Å². The highest BCUT2D eigenvalue weighted by Gasteiger charge is 2.33. The normalized spacial score (nSPS) is 14.7. The highest BCUT2D eigenvalue weighted by Crippen LogP contribution is 2.31. The molecule has 6 heteroatoms. The number of nitrogens with two attached hydrogens (primary N) is 1. The van der Waals surface area contributed by atoms with Crippen LogP contribution < -0.4 is 5.73 Å². The van der Waals surface area contributed by atoms with Crippen molar-refractivity contribution in [3.05, 3.63) is 23.2 Å². The van der Waals surface area contributed by atoms with E-state index in [-0.39, 0.29) is 21.4 Å². The molecule has 19 heavy (non-hydrogen) atoms. The number of rotatable bonds is 3. The van der Waals surface area contributed by atoms with Crippen molar-refractivity contribution in [1.82, 2.24) is 4.31 Å². The number of hydrogen-bond donors (Lipinski definition) is 1. The zero-order valence-corrected chi connectivity index (χ0v) is 13.5. The molecule has 1 aromatic rings. The van der Waals surface area contributed by atoms with Crippen LogP contribution in [0.5, 0.6) is 0 Å². The van der Waals surface area contributed by atoms with E-state index in [9.17, 15) is 8.42 Å². The lowest BCUT2D eigenvalue weighted by Crippen LogP contribution is -2.42. The van der Waals surface area contributed by atoms with Gasteiger partial charge in [0.25, 0.3) is 0 Å². The summed E-state index contributed by atoms with van der Waals surface area (Å²) in [5.41, 5.74) is 5.85. The Morgan fingerprint density at radius 1 is 1.32 bits per heavy atom. The Morgan fingerprint density at radius 3 is 2.32 bits per heavy atom.